The van der Waals surface area contributed by atoms with Gasteiger partial charge in [-0.2, -0.15) is 0 Å². The molecule has 0 amide bonds. The lowest BCUT2D eigenvalue weighted by Crippen LogP contribution is -2.37. The van der Waals surface area contributed by atoms with Gasteiger partial charge in [0.2, 0.25) is 0 Å². The summed E-state index contributed by atoms with van der Waals surface area (Å²) in [5.41, 5.74) is 1.41. The molecule has 14 heavy (non-hydrogen) atoms. The molecule has 2 nitrogen and oxygen atoms in total. The maximum absolute atomic E-state index is 4.40. The molecule has 1 aromatic rings. The maximum Gasteiger partial charge on any atom is 0.129 e. The number of pyridine rings is 1. The van der Waals surface area contributed by atoms with Crippen LogP contribution >= 0.6 is 0 Å². The van der Waals surface area contributed by atoms with Crippen molar-refractivity contribution < 1.29 is 0 Å². The Bertz CT molecular complexity index is 302. The van der Waals surface area contributed by atoms with Crippen LogP contribution in [0.2, 0.25) is 0 Å². The molecule has 1 saturated carbocycles. The quantitative estimate of drug-likeness (QED) is 0.677. The van der Waals surface area contributed by atoms with Crippen molar-refractivity contribution in [3.63, 3.8) is 0 Å². The third-order valence-electron chi connectivity index (χ3n) is 3.60. The second-order valence-electron chi connectivity index (χ2n) is 4.51. The molecular weight excluding hydrogens is 172 g/mol. The molecule has 2 heterocycles. The first-order valence-corrected chi connectivity index (χ1v) is 5.64. The molecule has 2 aliphatic rings. The Kier molecular flexibility index (Phi) is 1.93. The summed E-state index contributed by atoms with van der Waals surface area (Å²) < 4.78 is 0. The number of rotatable bonds is 0. The molecule has 0 bridgehead atoms. The van der Waals surface area contributed by atoms with Crippen LogP contribution in [0.3, 0.4) is 0 Å². The van der Waals surface area contributed by atoms with Crippen LogP contribution in [0.15, 0.2) is 18.3 Å². The number of nitrogens with zero attached hydrogens (tertiary/aromatic N) is 1. The van der Waals surface area contributed by atoms with Crippen LogP contribution in [-0.4, -0.2) is 11.0 Å². The lowest BCUT2D eigenvalue weighted by atomic mass is 9.78. The predicted molar refractivity (Wildman–Crippen MR) is 57.3 cm³/mol. The van der Waals surface area contributed by atoms with Crippen molar-refractivity contribution in [2.24, 2.45) is 5.92 Å². The zero-order valence-electron chi connectivity index (χ0n) is 8.37. The van der Waals surface area contributed by atoms with Gasteiger partial charge in [-0.05, 0) is 36.8 Å². The third kappa shape index (κ3) is 1.29. The van der Waals surface area contributed by atoms with Crippen molar-refractivity contribution in [3.8, 4) is 0 Å². The van der Waals surface area contributed by atoms with Crippen molar-refractivity contribution in [2.75, 3.05) is 5.32 Å². The number of aromatic nitrogens is 1. The molecule has 74 valence electrons. The lowest BCUT2D eigenvalue weighted by Gasteiger charge is -2.37. The molecule has 1 aliphatic heterocycles. The number of nitrogens with one attached hydrogen (secondary N) is 1. The van der Waals surface area contributed by atoms with Gasteiger partial charge in [-0.1, -0.05) is 18.9 Å². The van der Waals surface area contributed by atoms with Crippen molar-refractivity contribution in [2.45, 2.75) is 38.1 Å². The first kappa shape index (κ1) is 8.27. The Morgan fingerprint density at radius 2 is 2.21 bits per heavy atom. The number of hydrogen-bond acceptors (Lipinski definition) is 2. The fourth-order valence-electron chi connectivity index (χ4n) is 2.83. The molecule has 1 N–H and O–H groups in total. The van der Waals surface area contributed by atoms with E-state index in [2.05, 4.69) is 16.4 Å². The Morgan fingerprint density at radius 1 is 1.29 bits per heavy atom. The van der Waals surface area contributed by atoms with Gasteiger partial charge in [0.1, 0.15) is 5.82 Å². The zero-order chi connectivity index (χ0) is 9.38. The van der Waals surface area contributed by atoms with Gasteiger partial charge in [-0.25, -0.2) is 4.98 Å². The molecule has 0 saturated heterocycles. The first-order valence-electron chi connectivity index (χ1n) is 5.64. The van der Waals surface area contributed by atoms with E-state index in [4.69, 9.17) is 0 Å². The highest BCUT2D eigenvalue weighted by molar-refractivity contribution is 5.47. The molecule has 3 rings (SSSR count). The smallest absolute Gasteiger partial charge is 0.129 e. The summed E-state index contributed by atoms with van der Waals surface area (Å²) in [6, 6.07) is 4.95. The van der Waals surface area contributed by atoms with Crippen LogP contribution in [0, 0.1) is 5.92 Å². The highest BCUT2D eigenvalue weighted by Gasteiger charge is 2.30. The average molecular weight is 188 g/mol. The Labute approximate surface area is 84.7 Å². The van der Waals surface area contributed by atoms with Crippen LogP contribution in [-0.2, 0) is 6.42 Å². The van der Waals surface area contributed by atoms with Gasteiger partial charge in [0.15, 0.2) is 0 Å². The topological polar surface area (TPSA) is 24.9 Å². The first-order chi connectivity index (χ1) is 6.93. The summed E-state index contributed by atoms with van der Waals surface area (Å²) in [6.07, 6.45) is 8.65. The minimum Gasteiger partial charge on any atom is -0.367 e. The van der Waals surface area contributed by atoms with Gasteiger partial charge in [-0.15, -0.1) is 0 Å². The van der Waals surface area contributed by atoms with Gasteiger partial charge >= 0.3 is 0 Å². The zero-order valence-corrected chi connectivity index (χ0v) is 8.37. The number of fused-ring (bicyclic) bond motifs is 2. The largest absolute Gasteiger partial charge is 0.367 e. The minimum atomic E-state index is 0.700. The average Bonchev–Trinajstić information content (AvgIpc) is 2.26. The van der Waals surface area contributed by atoms with Crippen molar-refractivity contribution in [1.82, 2.24) is 4.98 Å². The standard InChI is InChI=1S/C12H16N2/c1-2-6-11-9(4-1)8-10-5-3-7-13-12(10)14-11/h3,5,7,9,11H,1-2,4,6,8H2,(H,13,14). The normalized spacial score (nSPS) is 30.0. The molecule has 0 radical (unpaired) electrons. The molecule has 2 atom stereocenters. The van der Waals surface area contributed by atoms with E-state index in [1.54, 1.807) is 0 Å². The predicted octanol–water partition coefficient (Wildman–Crippen LogP) is 2.61. The molecule has 0 spiro atoms. The van der Waals surface area contributed by atoms with Gasteiger partial charge in [0.25, 0.3) is 0 Å². The van der Waals surface area contributed by atoms with E-state index in [1.165, 1.54) is 37.7 Å². The maximum atomic E-state index is 4.40. The van der Waals surface area contributed by atoms with Gasteiger partial charge < -0.3 is 5.32 Å². The fourth-order valence-corrected chi connectivity index (χ4v) is 2.83. The number of hydrogen-bond donors (Lipinski definition) is 1. The lowest BCUT2D eigenvalue weighted by molar-refractivity contribution is 0.314. The molecule has 0 aromatic carbocycles. The fraction of sp³-hybridized carbons (Fsp3) is 0.583. The summed E-state index contributed by atoms with van der Waals surface area (Å²) in [4.78, 5) is 4.40. The molecular formula is C12H16N2. The second kappa shape index (κ2) is 3.26. The Balaban J connectivity index is 1.91. The van der Waals surface area contributed by atoms with Crippen molar-refractivity contribution >= 4 is 5.82 Å². The van der Waals surface area contributed by atoms with Crippen LogP contribution in [0.4, 0.5) is 5.82 Å². The second-order valence-corrected chi connectivity index (χ2v) is 4.51. The van der Waals surface area contributed by atoms with E-state index in [9.17, 15) is 0 Å². The van der Waals surface area contributed by atoms with E-state index < -0.39 is 0 Å². The highest BCUT2D eigenvalue weighted by Crippen LogP contribution is 2.34. The van der Waals surface area contributed by atoms with Crippen LogP contribution in [0.5, 0.6) is 0 Å². The van der Waals surface area contributed by atoms with E-state index in [1.807, 2.05) is 12.3 Å². The molecule has 1 aromatic heterocycles. The summed E-state index contributed by atoms with van der Waals surface area (Å²) in [6.45, 7) is 0. The SMILES string of the molecule is c1cnc2c(c1)CC1CCCCC1N2. The summed E-state index contributed by atoms with van der Waals surface area (Å²) >= 11 is 0. The van der Waals surface area contributed by atoms with E-state index in [0.717, 1.165) is 11.7 Å². The van der Waals surface area contributed by atoms with E-state index in [0.29, 0.717) is 6.04 Å². The molecule has 2 heteroatoms. The van der Waals surface area contributed by atoms with Crippen LogP contribution in [0.25, 0.3) is 0 Å². The van der Waals surface area contributed by atoms with Gasteiger partial charge in [0.05, 0.1) is 0 Å². The van der Waals surface area contributed by atoms with Crippen molar-refractivity contribution in [3.05, 3.63) is 23.9 Å². The third-order valence-corrected chi connectivity index (χ3v) is 3.60. The molecule has 1 aliphatic carbocycles. The summed E-state index contributed by atoms with van der Waals surface area (Å²) in [5, 5.41) is 3.59. The summed E-state index contributed by atoms with van der Waals surface area (Å²) in [5.74, 6) is 2.00. The van der Waals surface area contributed by atoms with Crippen LogP contribution in [0.1, 0.15) is 31.2 Å². The molecule has 1 fully saturated rings. The summed E-state index contributed by atoms with van der Waals surface area (Å²) in [7, 11) is 0. The monoisotopic (exact) mass is 188 g/mol. The van der Waals surface area contributed by atoms with E-state index in [-0.39, 0.29) is 0 Å². The van der Waals surface area contributed by atoms with Crippen molar-refractivity contribution in [1.29, 1.82) is 0 Å². The highest BCUT2D eigenvalue weighted by atomic mass is 15.0. The van der Waals surface area contributed by atoms with Crippen LogP contribution < -0.4 is 5.32 Å². The van der Waals surface area contributed by atoms with Gasteiger partial charge in [0, 0.05) is 12.2 Å². The van der Waals surface area contributed by atoms with E-state index >= 15 is 0 Å². The minimum absolute atomic E-state index is 0.700. The number of anilines is 1. The Morgan fingerprint density at radius 3 is 3.21 bits per heavy atom. The Hall–Kier alpha value is -1.05. The van der Waals surface area contributed by atoms with Gasteiger partial charge in [-0.3, -0.25) is 0 Å². The molecule has 2 unspecified atom stereocenters.